The van der Waals surface area contributed by atoms with E-state index in [4.69, 9.17) is 5.73 Å². The summed E-state index contributed by atoms with van der Waals surface area (Å²) in [5, 5.41) is 3.88. The monoisotopic (exact) mass is 576 g/mol. The number of aromatic nitrogens is 2. The van der Waals surface area contributed by atoms with E-state index in [-0.39, 0.29) is 29.1 Å². The van der Waals surface area contributed by atoms with E-state index in [0.29, 0.717) is 47.4 Å². The van der Waals surface area contributed by atoms with E-state index in [1.165, 1.54) is 19.3 Å². The van der Waals surface area contributed by atoms with Crippen LogP contribution in [0.4, 0.5) is 19.0 Å². The second-order valence-corrected chi connectivity index (χ2v) is 10.6. The summed E-state index contributed by atoms with van der Waals surface area (Å²) in [6, 6.07) is 14.8. The number of rotatable bonds is 7. The van der Waals surface area contributed by atoms with Gasteiger partial charge in [-0.25, -0.2) is 9.97 Å². The van der Waals surface area contributed by atoms with Crippen LogP contribution in [0.2, 0.25) is 0 Å². The lowest BCUT2D eigenvalue weighted by atomic mass is 9.90. The van der Waals surface area contributed by atoms with Crippen LogP contribution < -0.4 is 11.1 Å². The summed E-state index contributed by atoms with van der Waals surface area (Å²) >= 11 is 0. The van der Waals surface area contributed by atoms with Gasteiger partial charge in [-0.05, 0) is 46.1 Å². The van der Waals surface area contributed by atoms with E-state index < -0.39 is 17.6 Å². The van der Waals surface area contributed by atoms with Gasteiger partial charge >= 0.3 is 6.18 Å². The first-order valence-corrected chi connectivity index (χ1v) is 13.5. The van der Waals surface area contributed by atoms with Crippen molar-refractivity contribution in [3.63, 3.8) is 0 Å². The molecule has 0 radical (unpaired) electrons. The van der Waals surface area contributed by atoms with E-state index in [9.17, 15) is 22.8 Å². The Morgan fingerprint density at radius 2 is 1.74 bits per heavy atom. The Hall–Kier alpha value is -4.35. The maximum atomic E-state index is 14.2. The Bertz CT molecular complexity index is 1650. The van der Waals surface area contributed by atoms with Crippen molar-refractivity contribution < 1.29 is 22.8 Å². The molecule has 0 saturated carbocycles. The molecule has 0 spiro atoms. The molecule has 1 aromatic heterocycles. The molecule has 5 rings (SSSR count). The number of piperazine rings is 1. The van der Waals surface area contributed by atoms with Crippen molar-refractivity contribution in [1.29, 1.82) is 0 Å². The molecule has 42 heavy (non-hydrogen) atoms. The van der Waals surface area contributed by atoms with Crippen molar-refractivity contribution in [1.82, 2.24) is 19.8 Å². The van der Waals surface area contributed by atoms with Crippen LogP contribution in [-0.2, 0) is 23.9 Å². The minimum Gasteiger partial charge on any atom is -0.366 e. The number of halogens is 3. The van der Waals surface area contributed by atoms with Gasteiger partial charge in [0, 0.05) is 52.1 Å². The van der Waals surface area contributed by atoms with Crippen LogP contribution in [-0.4, -0.2) is 64.8 Å². The fourth-order valence-corrected chi connectivity index (χ4v) is 5.34. The van der Waals surface area contributed by atoms with Crippen LogP contribution in [0.5, 0.6) is 0 Å². The Morgan fingerprint density at radius 3 is 2.43 bits per heavy atom. The third-order valence-electron chi connectivity index (χ3n) is 7.46. The normalized spacial score (nSPS) is 14.7. The summed E-state index contributed by atoms with van der Waals surface area (Å²) < 4.78 is 42.7. The molecule has 4 aromatic rings. The Labute approximate surface area is 241 Å². The van der Waals surface area contributed by atoms with E-state index in [2.05, 4.69) is 20.2 Å². The summed E-state index contributed by atoms with van der Waals surface area (Å²) in [5.74, 6) is -0.580. The summed E-state index contributed by atoms with van der Waals surface area (Å²) in [5.41, 5.74) is 7.62. The molecule has 1 saturated heterocycles. The number of likely N-dealkylation sites (N-methyl/N-ethyl adjacent to an activating group) is 1. The van der Waals surface area contributed by atoms with Crippen molar-refractivity contribution in [3.8, 4) is 11.1 Å². The zero-order valence-corrected chi connectivity index (χ0v) is 23.3. The van der Waals surface area contributed by atoms with Crippen molar-refractivity contribution >= 4 is 28.4 Å². The summed E-state index contributed by atoms with van der Waals surface area (Å²) in [4.78, 5) is 36.5. The largest absolute Gasteiger partial charge is 0.416 e. The first kappa shape index (κ1) is 29.2. The molecule has 1 aliphatic heterocycles. The molecule has 0 aliphatic carbocycles. The van der Waals surface area contributed by atoms with E-state index in [0.717, 1.165) is 24.7 Å². The number of hydrogen-bond acceptors (Lipinski definition) is 6. The lowest BCUT2D eigenvalue weighted by Crippen LogP contribution is -2.44. The highest BCUT2D eigenvalue weighted by molar-refractivity contribution is 6.12. The average Bonchev–Trinajstić information content (AvgIpc) is 2.93. The topological polar surface area (TPSA) is 104 Å². The highest BCUT2D eigenvalue weighted by Gasteiger charge is 2.34. The number of primary amides is 1. The molecule has 0 unspecified atom stereocenters. The van der Waals surface area contributed by atoms with Gasteiger partial charge in [0.15, 0.2) is 0 Å². The van der Waals surface area contributed by atoms with Crippen LogP contribution in [0.3, 0.4) is 0 Å². The molecule has 3 aromatic carbocycles. The summed E-state index contributed by atoms with van der Waals surface area (Å²) in [6.45, 7) is 4.59. The summed E-state index contributed by atoms with van der Waals surface area (Å²) in [7, 11) is 2.00. The van der Waals surface area contributed by atoms with Gasteiger partial charge in [-0.1, -0.05) is 42.5 Å². The second-order valence-electron chi connectivity index (χ2n) is 10.6. The fraction of sp³-hybridized carbons (Fsp3) is 0.290. The van der Waals surface area contributed by atoms with Crippen LogP contribution in [0.1, 0.15) is 39.7 Å². The van der Waals surface area contributed by atoms with Crippen molar-refractivity contribution in [2.24, 2.45) is 5.73 Å². The number of nitrogens with one attached hydrogen (secondary N) is 1. The third-order valence-corrected chi connectivity index (χ3v) is 7.46. The number of anilines is 1. The standard InChI is InChI=1S/C31H31F3N6O2/c1-19(41)38-28-16-24(36-18-37-28)14-20-3-7-25-21(13-20)6-8-26(29(25)30(35)42)22-4-5-23(27(15-22)31(32,33)34)17-40-11-9-39(2)10-12-40/h3-8,13,15-16,18H,9-12,14,17H2,1-2H3,(H2,35,42)(H,36,37,38,41). The highest BCUT2D eigenvalue weighted by Crippen LogP contribution is 2.38. The minimum absolute atomic E-state index is 0.161. The predicted octanol–water partition coefficient (Wildman–Crippen LogP) is 4.71. The highest BCUT2D eigenvalue weighted by atomic mass is 19.4. The van der Waals surface area contributed by atoms with Crippen molar-refractivity contribution in [2.45, 2.75) is 26.1 Å². The molecular formula is C31H31F3N6O2. The third kappa shape index (κ3) is 6.58. The van der Waals surface area contributed by atoms with Crippen molar-refractivity contribution in [3.05, 3.63) is 88.9 Å². The molecule has 1 aliphatic rings. The fourth-order valence-electron chi connectivity index (χ4n) is 5.34. The van der Waals surface area contributed by atoms with Gasteiger partial charge in [-0.3, -0.25) is 14.5 Å². The van der Waals surface area contributed by atoms with Crippen LogP contribution in [0.15, 0.2) is 60.9 Å². The van der Waals surface area contributed by atoms with Gasteiger partial charge in [0.2, 0.25) is 11.8 Å². The lowest BCUT2D eigenvalue weighted by Gasteiger charge is -2.33. The van der Waals surface area contributed by atoms with Crippen molar-refractivity contribution in [2.75, 3.05) is 38.5 Å². The van der Waals surface area contributed by atoms with Crippen LogP contribution in [0.25, 0.3) is 21.9 Å². The Morgan fingerprint density at radius 1 is 0.976 bits per heavy atom. The average molecular weight is 577 g/mol. The predicted molar refractivity (Wildman–Crippen MR) is 155 cm³/mol. The van der Waals surface area contributed by atoms with Gasteiger partial charge in [0.05, 0.1) is 16.8 Å². The molecule has 11 heteroatoms. The number of amides is 2. The number of carbonyl (C=O) groups is 2. The molecular weight excluding hydrogens is 545 g/mol. The molecule has 8 nitrogen and oxygen atoms in total. The maximum Gasteiger partial charge on any atom is 0.416 e. The number of alkyl halides is 3. The second kappa shape index (κ2) is 11.9. The zero-order chi connectivity index (χ0) is 30.0. The van der Waals surface area contributed by atoms with Crippen LogP contribution >= 0.6 is 0 Å². The molecule has 218 valence electrons. The first-order chi connectivity index (χ1) is 20.0. The Balaban J connectivity index is 1.48. The molecule has 3 N–H and O–H groups in total. The molecule has 0 bridgehead atoms. The van der Waals surface area contributed by atoms with Gasteiger partial charge in [0.1, 0.15) is 12.1 Å². The van der Waals surface area contributed by atoms with Gasteiger partial charge in [-0.15, -0.1) is 0 Å². The van der Waals surface area contributed by atoms with Gasteiger partial charge in [0.25, 0.3) is 0 Å². The number of benzene rings is 3. The van der Waals surface area contributed by atoms with Gasteiger partial charge in [-0.2, -0.15) is 13.2 Å². The quantitative estimate of drug-likeness (QED) is 0.330. The Kier molecular flexibility index (Phi) is 8.24. The number of carbonyl (C=O) groups excluding carboxylic acids is 2. The molecule has 2 amide bonds. The zero-order valence-electron chi connectivity index (χ0n) is 23.3. The first-order valence-electron chi connectivity index (χ1n) is 13.5. The van der Waals surface area contributed by atoms with Crippen LogP contribution in [0, 0.1) is 0 Å². The maximum absolute atomic E-state index is 14.2. The molecule has 2 heterocycles. The molecule has 1 fully saturated rings. The number of fused-ring (bicyclic) bond motifs is 1. The van der Waals surface area contributed by atoms with E-state index in [1.54, 1.807) is 30.3 Å². The van der Waals surface area contributed by atoms with E-state index in [1.807, 2.05) is 24.1 Å². The van der Waals surface area contributed by atoms with Gasteiger partial charge < -0.3 is 16.0 Å². The minimum atomic E-state index is -4.56. The smallest absolute Gasteiger partial charge is 0.366 e. The SMILES string of the molecule is CC(=O)Nc1cc(Cc2ccc3c(C(N)=O)c(-c4ccc(CN5CCN(C)CC5)c(C(F)(F)F)c4)ccc3c2)ncn1. The number of hydrogen-bond donors (Lipinski definition) is 2. The summed E-state index contributed by atoms with van der Waals surface area (Å²) in [6.07, 6.45) is -2.76. The van der Waals surface area contributed by atoms with E-state index >= 15 is 0 Å². The number of nitrogens with two attached hydrogens (primary N) is 1. The lowest BCUT2D eigenvalue weighted by molar-refractivity contribution is -0.138. The number of nitrogens with zero attached hydrogens (tertiary/aromatic N) is 4. The molecule has 0 atom stereocenters.